The molecule has 0 N–H and O–H groups in total. The molecule has 2 aliphatic heterocycles. The van der Waals surface area contributed by atoms with E-state index >= 15 is 0 Å². The predicted octanol–water partition coefficient (Wildman–Crippen LogP) is 3.58. The van der Waals surface area contributed by atoms with Crippen molar-refractivity contribution in [3.8, 4) is 11.5 Å². The van der Waals surface area contributed by atoms with Gasteiger partial charge in [-0.2, -0.15) is 0 Å². The molecule has 2 amide bonds. The molecule has 0 aromatic heterocycles. The van der Waals surface area contributed by atoms with Gasteiger partial charge in [0.2, 0.25) is 11.8 Å². The smallest absolute Gasteiger partial charge is 0.227 e. The molecule has 0 radical (unpaired) electrons. The molecule has 0 bridgehead atoms. The number of carbonyl (C=O) groups is 2. The van der Waals surface area contributed by atoms with Gasteiger partial charge in [-0.05, 0) is 54.9 Å². The first-order valence-corrected chi connectivity index (χ1v) is 11.9. The van der Waals surface area contributed by atoms with Gasteiger partial charge in [-0.15, -0.1) is 0 Å². The Hall–Kier alpha value is -3.02. The van der Waals surface area contributed by atoms with Crippen molar-refractivity contribution in [2.75, 3.05) is 40.4 Å². The van der Waals surface area contributed by atoms with Crippen LogP contribution in [0.3, 0.4) is 0 Å². The van der Waals surface area contributed by atoms with Crippen molar-refractivity contribution < 1.29 is 19.1 Å². The first-order chi connectivity index (χ1) is 16.1. The molecule has 2 aromatic rings. The molecule has 0 saturated carbocycles. The van der Waals surface area contributed by atoms with Crippen LogP contribution in [-0.4, -0.2) is 62.0 Å². The first kappa shape index (κ1) is 23.1. The van der Waals surface area contributed by atoms with Crippen LogP contribution in [0.1, 0.15) is 30.4 Å². The summed E-state index contributed by atoms with van der Waals surface area (Å²) in [6.45, 7) is 2.73. The van der Waals surface area contributed by atoms with Gasteiger partial charge in [-0.25, -0.2) is 0 Å². The third-order valence-electron chi connectivity index (χ3n) is 6.98. The Kier molecular flexibility index (Phi) is 7.53. The van der Waals surface area contributed by atoms with Gasteiger partial charge < -0.3 is 19.3 Å². The Balaban J connectivity index is 1.25. The van der Waals surface area contributed by atoms with E-state index in [0.29, 0.717) is 36.9 Å². The highest BCUT2D eigenvalue weighted by atomic mass is 16.5. The van der Waals surface area contributed by atoms with E-state index in [4.69, 9.17) is 9.47 Å². The minimum atomic E-state index is -0.214. The number of amides is 2. The van der Waals surface area contributed by atoms with Gasteiger partial charge in [-0.3, -0.25) is 9.59 Å². The fraction of sp³-hybridized carbons (Fsp3) is 0.481. The van der Waals surface area contributed by atoms with E-state index < -0.39 is 0 Å². The summed E-state index contributed by atoms with van der Waals surface area (Å²) in [4.78, 5) is 29.5. The summed E-state index contributed by atoms with van der Waals surface area (Å²) in [7, 11) is 3.23. The number of benzene rings is 2. The second kappa shape index (κ2) is 10.7. The molecule has 0 aliphatic carbocycles. The van der Waals surface area contributed by atoms with Crippen LogP contribution < -0.4 is 9.47 Å². The highest BCUT2D eigenvalue weighted by molar-refractivity contribution is 5.89. The van der Waals surface area contributed by atoms with Gasteiger partial charge in [0.05, 0.1) is 20.1 Å². The summed E-state index contributed by atoms with van der Waals surface area (Å²) in [5, 5.41) is 0. The van der Waals surface area contributed by atoms with Crippen LogP contribution in [0.2, 0.25) is 0 Å². The van der Waals surface area contributed by atoms with Gasteiger partial charge in [0, 0.05) is 32.6 Å². The largest absolute Gasteiger partial charge is 0.493 e. The molecule has 1 unspecified atom stereocenters. The average molecular weight is 451 g/mol. The van der Waals surface area contributed by atoms with Crippen LogP contribution in [0.25, 0.3) is 0 Å². The minimum Gasteiger partial charge on any atom is -0.493 e. The van der Waals surface area contributed by atoms with Crippen LogP contribution in [0.5, 0.6) is 11.5 Å². The molecule has 2 heterocycles. The van der Waals surface area contributed by atoms with Crippen LogP contribution in [-0.2, 0) is 22.4 Å². The molecular weight excluding hydrogens is 416 g/mol. The van der Waals surface area contributed by atoms with Gasteiger partial charge in [0.15, 0.2) is 11.5 Å². The van der Waals surface area contributed by atoms with Crippen LogP contribution in [0.4, 0.5) is 0 Å². The Morgan fingerprint density at radius 3 is 2.39 bits per heavy atom. The van der Waals surface area contributed by atoms with Crippen molar-refractivity contribution in [3.05, 3.63) is 59.7 Å². The van der Waals surface area contributed by atoms with Gasteiger partial charge in [0.1, 0.15) is 0 Å². The van der Waals surface area contributed by atoms with E-state index in [0.717, 1.165) is 44.3 Å². The summed E-state index contributed by atoms with van der Waals surface area (Å²) in [5.41, 5.74) is 2.45. The van der Waals surface area contributed by atoms with Gasteiger partial charge in [0.25, 0.3) is 0 Å². The second-order valence-electron chi connectivity index (χ2n) is 9.14. The third-order valence-corrected chi connectivity index (χ3v) is 6.98. The van der Waals surface area contributed by atoms with Gasteiger partial charge in [-0.1, -0.05) is 36.4 Å². The Labute approximate surface area is 196 Å². The number of piperidine rings is 1. The highest BCUT2D eigenvalue weighted by Crippen LogP contribution is 2.29. The predicted molar refractivity (Wildman–Crippen MR) is 127 cm³/mol. The maximum absolute atomic E-state index is 13.1. The number of ether oxygens (including phenoxy) is 2. The van der Waals surface area contributed by atoms with Crippen molar-refractivity contribution in [1.82, 2.24) is 9.80 Å². The van der Waals surface area contributed by atoms with Crippen molar-refractivity contribution in [2.45, 2.75) is 32.1 Å². The lowest BCUT2D eigenvalue weighted by molar-refractivity contribution is -0.137. The Bertz CT molecular complexity index is 954. The molecule has 2 saturated heterocycles. The summed E-state index contributed by atoms with van der Waals surface area (Å²) in [5.74, 6) is 2.01. The van der Waals surface area contributed by atoms with Crippen molar-refractivity contribution in [3.63, 3.8) is 0 Å². The molecule has 33 heavy (non-hydrogen) atoms. The topological polar surface area (TPSA) is 59.1 Å². The van der Waals surface area contributed by atoms with E-state index in [1.165, 1.54) is 5.56 Å². The molecule has 2 fully saturated rings. The number of carbonyl (C=O) groups excluding carboxylic acids is 2. The number of rotatable bonds is 8. The molecule has 2 aromatic carbocycles. The summed E-state index contributed by atoms with van der Waals surface area (Å²) < 4.78 is 10.7. The molecular formula is C27H34N2O4. The SMILES string of the molecule is COc1ccc(CCN2CC(C(=O)N3CCC(Cc4ccccc4)CC3)CC2=O)cc1OC. The van der Waals surface area contributed by atoms with E-state index in [2.05, 4.69) is 24.3 Å². The molecule has 2 aliphatic rings. The minimum absolute atomic E-state index is 0.0767. The Morgan fingerprint density at radius 1 is 0.970 bits per heavy atom. The fourth-order valence-electron chi connectivity index (χ4n) is 5.02. The van der Waals surface area contributed by atoms with E-state index in [-0.39, 0.29) is 17.7 Å². The summed E-state index contributed by atoms with van der Waals surface area (Å²) >= 11 is 0. The number of nitrogens with zero attached hydrogens (tertiary/aromatic N) is 2. The lowest BCUT2D eigenvalue weighted by Gasteiger charge is -2.33. The summed E-state index contributed by atoms with van der Waals surface area (Å²) in [6.07, 6.45) is 4.19. The summed E-state index contributed by atoms with van der Waals surface area (Å²) in [6, 6.07) is 16.4. The molecule has 6 heteroatoms. The highest BCUT2D eigenvalue weighted by Gasteiger charge is 2.37. The van der Waals surface area contributed by atoms with E-state index in [1.54, 1.807) is 14.2 Å². The fourth-order valence-corrected chi connectivity index (χ4v) is 5.02. The molecule has 6 nitrogen and oxygen atoms in total. The van der Waals surface area contributed by atoms with Crippen molar-refractivity contribution >= 4 is 11.8 Å². The van der Waals surface area contributed by atoms with E-state index in [9.17, 15) is 9.59 Å². The molecule has 0 spiro atoms. The number of likely N-dealkylation sites (tertiary alicyclic amines) is 2. The van der Waals surface area contributed by atoms with E-state index in [1.807, 2.05) is 34.1 Å². The standard InChI is InChI=1S/C27H34N2O4/c1-32-24-9-8-21(17-25(24)33-2)12-15-29-19-23(18-26(29)30)27(31)28-13-10-22(11-14-28)16-20-6-4-3-5-7-20/h3-9,17,22-23H,10-16,18-19H2,1-2H3. The second-order valence-corrected chi connectivity index (χ2v) is 9.14. The maximum atomic E-state index is 13.1. The first-order valence-electron chi connectivity index (χ1n) is 11.9. The monoisotopic (exact) mass is 450 g/mol. The normalized spacial score (nSPS) is 19.1. The molecule has 176 valence electrons. The third kappa shape index (κ3) is 5.67. The molecule has 1 atom stereocenters. The molecule has 4 rings (SSSR count). The van der Waals surface area contributed by atoms with Crippen molar-refractivity contribution in [1.29, 1.82) is 0 Å². The zero-order chi connectivity index (χ0) is 23.2. The quantitative estimate of drug-likeness (QED) is 0.617. The Morgan fingerprint density at radius 2 is 1.70 bits per heavy atom. The van der Waals surface area contributed by atoms with Crippen LogP contribution in [0, 0.1) is 11.8 Å². The zero-order valence-electron chi connectivity index (χ0n) is 19.7. The lowest BCUT2D eigenvalue weighted by atomic mass is 9.89. The maximum Gasteiger partial charge on any atom is 0.227 e. The lowest BCUT2D eigenvalue weighted by Crippen LogP contribution is -2.42. The number of hydrogen-bond acceptors (Lipinski definition) is 4. The van der Waals surface area contributed by atoms with Gasteiger partial charge >= 0.3 is 0 Å². The zero-order valence-corrected chi connectivity index (χ0v) is 19.7. The number of hydrogen-bond donors (Lipinski definition) is 0. The van der Waals surface area contributed by atoms with Crippen LogP contribution in [0.15, 0.2) is 48.5 Å². The van der Waals surface area contributed by atoms with Crippen molar-refractivity contribution in [2.24, 2.45) is 11.8 Å². The average Bonchev–Trinajstić information content (AvgIpc) is 3.23. The number of methoxy groups -OCH3 is 2. The van der Waals surface area contributed by atoms with Crippen LogP contribution >= 0.6 is 0 Å².